The van der Waals surface area contributed by atoms with Crippen molar-refractivity contribution in [3.8, 4) is 23.0 Å². The van der Waals surface area contributed by atoms with E-state index in [1.165, 1.54) is 12.1 Å². The van der Waals surface area contributed by atoms with Gasteiger partial charge in [0.2, 0.25) is 0 Å². The van der Waals surface area contributed by atoms with Gasteiger partial charge in [-0.3, -0.25) is 0 Å². The lowest BCUT2D eigenvalue weighted by molar-refractivity contribution is 0.0276. The SMILES string of the molecule is CC(C)(C)CC(C)(C)C/C=C/COc1cc(C(=O)O)nc2c(OCCOCCOCCOc3cccc4c(OC/C=C/CC(C)(C)CC(C)(C)C)cc(C(=O)O)nc34)cccc12. The lowest BCUT2D eigenvalue weighted by Crippen LogP contribution is -2.20. The molecule has 12 nitrogen and oxygen atoms in total. The van der Waals surface area contributed by atoms with Gasteiger partial charge in [0.15, 0.2) is 11.4 Å². The van der Waals surface area contributed by atoms with Gasteiger partial charge in [-0.05, 0) is 71.6 Å². The summed E-state index contributed by atoms with van der Waals surface area (Å²) >= 11 is 0. The van der Waals surface area contributed by atoms with E-state index in [2.05, 4.69) is 91.4 Å². The number of carboxylic acids is 2. The summed E-state index contributed by atoms with van der Waals surface area (Å²) in [7, 11) is 0. The Kier molecular flexibility index (Phi) is 17.7. The standard InChI is InChI=1S/C50H68N2O10/c1-47(2,3)33-49(7,8)21-11-13-23-59-41-31-37(45(53)54)51-43-35(41)17-15-19-39(43)61-29-27-57-25-26-58-28-30-62-40-20-16-18-36-42(32-38(46(55)56)52-44(36)40)60-24-14-12-22-50(9,10)34-48(4,5)6/h11-20,31-32H,21-30,33-34H2,1-10H3,(H,53,54)(H,55,56)/b13-11+,14-12+. The number of aromatic nitrogens is 2. The number of allylic oxidation sites excluding steroid dienone is 2. The van der Waals surface area contributed by atoms with E-state index in [1.807, 2.05) is 36.4 Å². The minimum Gasteiger partial charge on any atom is -0.489 e. The first kappa shape index (κ1) is 49.5. The predicted octanol–water partition coefficient (Wildman–Crippen LogP) is 11.2. The lowest BCUT2D eigenvalue weighted by atomic mass is 9.74. The molecule has 2 aromatic heterocycles. The van der Waals surface area contributed by atoms with Gasteiger partial charge in [-0.15, -0.1) is 0 Å². The van der Waals surface area contributed by atoms with Gasteiger partial charge in [-0.2, -0.15) is 0 Å². The number of hydrogen-bond donors (Lipinski definition) is 2. The molecule has 62 heavy (non-hydrogen) atoms. The molecular formula is C50H68N2O10. The van der Waals surface area contributed by atoms with Crippen LogP contribution in [-0.2, 0) is 9.47 Å². The van der Waals surface area contributed by atoms with Gasteiger partial charge < -0.3 is 38.6 Å². The molecule has 4 aromatic rings. The zero-order chi connectivity index (χ0) is 45.6. The molecule has 4 rings (SSSR count). The maximum absolute atomic E-state index is 12.0. The fourth-order valence-electron chi connectivity index (χ4n) is 8.05. The van der Waals surface area contributed by atoms with Gasteiger partial charge in [0.25, 0.3) is 0 Å². The largest absolute Gasteiger partial charge is 0.489 e. The number of carboxylic acid groups (broad SMARTS) is 2. The number of hydrogen-bond acceptors (Lipinski definition) is 10. The Morgan fingerprint density at radius 1 is 0.516 bits per heavy atom. The number of para-hydroxylation sites is 2. The Hall–Kier alpha value is -5.20. The van der Waals surface area contributed by atoms with Crippen molar-refractivity contribution < 1.29 is 48.2 Å². The number of pyridine rings is 2. The lowest BCUT2D eigenvalue weighted by Gasteiger charge is -2.31. The van der Waals surface area contributed by atoms with Crippen molar-refractivity contribution in [3.63, 3.8) is 0 Å². The van der Waals surface area contributed by atoms with E-state index < -0.39 is 11.9 Å². The van der Waals surface area contributed by atoms with E-state index in [9.17, 15) is 19.8 Å². The van der Waals surface area contributed by atoms with Crippen molar-refractivity contribution in [3.05, 3.63) is 84.2 Å². The van der Waals surface area contributed by atoms with E-state index in [0.29, 0.717) is 58.0 Å². The summed E-state index contributed by atoms with van der Waals surface area (Å²) < 4.78 is 35.5. The Bertz CT molecular complexity index is 2010. The zero-order valence-electron chi connectivity index (χ0n) is 38.5. The second-order valence-electron chi connectivity index (χ2n) is 19.6. The minimum absolute atomic E-state index is 0.137. The van der Waals surface area contributed by atoms with E-state index in [-0.39, 0.29) is 72.7 Å². The number of nitrogens with zero attached hydrogens (tertiary/aromatic N) is 2. The molecule has 0 radical (unpaired) electrons. The first-order valence-electron chi connectivity index (χ1n) is 21.4. The van der Waals surface area contributed by atoms with Gasteiger partial charge in [0.1, 0.15) is 60.5 Å². The van der Waals surface area contributed by atoms with E-state index >= 15 is 0 Å². The zero-order valence-corrected chi connectivity index (χ0v) is 38.5. The maximum Gasteiger partial charge on any atom is 0.354 e. The number of benzene rings is 2. The molecule has 0 unspecified atom stereocenters. The Balaban J connectivity index is 1.23. The third kappa shape index (κ3) is 16.6. The van der Waals surface area contributed by atoms with Gasteiger partial charge in [0, 0.05) is 22.9 Å². The highest BCUT2D eigenvalue weighted by Crippen LogP contribution is 2.38. The van der Waals surface area contributed by atoms with Crippen LogP contribution in [0.25, 0.3) is 21.8 Å². The highest BCUT2D eigenvalue weighted by atomic mass is 16.6. The molecule has 0 saturated carbocycles. The molecule has 2 heterocycles. The summed E-state index contributed by atoms with van der Waals surface area (Å²) in [5, 5.41) is 20.9. The van der Waals surface area contributed by atoms with Crippen LogP contribution in [0.4, 0.5) is 0 Å². The summed E-state index contributed by atoms with van der Waals surface area (Å²) in [6.45, 7) is 24.6. The molecule has 0 aliphatic heterocycles. The van der Waals surface area contributed by atoms with Crippen LogP contribution in [0.5, 0.6) is 23.0 Å². The monoisotopic (exact) mass is 856 g/mol. The van der Waals surface area contributed by atoms with Crippen molar-refractivity contribution in [1.82, 2.24) is 9.97 Å². The Labute approximate surface area is 367 Å². The summed E-state index contributed by atoms with van der Waals surface area (Å²) in [6, 6.07) is 13.6. The Morgan fingerprint density at radius 3 is 1.24 bits per heavy atom. The van der Waals surface area contributed by atoms with Crippen LogP contribution in [0.1, 0.15) is 116 Å². The van der Waals surface area contributed by atoms with Crippen LogP contribution < -0.4 is 18.9 Å². The highest BCUT2D eigenvalue weighted by molar-refractivity contribution is 5.96. The average Bonchev–Trinajstić information content (AvgIpc) is 3.16. The molecule has 0 atom stereocenters. The smallest absolute Gasteiger partial charge is 0.354 e. The molecule has 2 aromatic carbocycles. The number of rotatable bonds is 25. The summed E-state index contributed by atoms with van der Waals surface area (Å²) in [5.41, 5.74) is 1.27. The van der Waals surface area contributed by atoms with Crippen molar-refractivity contribution in [2.24, 2.45) is 21.7 Å². The molecular weight excluding hydrogens is 789 g/mol. The normalized spacial score (nSPS) is 12.7. The van der Waals surface area contributed by atoms with Gasteiger partial charge in [-0.25, -0.2) is 19.6 Å². The van der Waals surface area contributed by atoms with E-state index in [1.54, 1.807) is 12.1 Å². The average molecular weight is 857 g/mol. The van der Waals surface area contributed by atoms with Gasteiger partial charge in [-0.1, -0.05) is 106 Å². The van der Waals surface area contributed by atoms with Crippen LogP contribution in [-0.4, -0.2) is 85.0 Å². The second-order valence-corrected chi connectivity index (χ2v) is 19.6. The van der Waals surface area contributed by atoms with Crippen molar-refractivity contribution in [2.75, 3.05) is 52.9 Å². The topological polar surface area (TPSA) is 156 Å². The highest BCUT2D eigenvalue weighted by Gasteiger charge is 2.25. The molecule has 0 fully saturated rings. The molecule has 0 bridgehead atoms. The number of ether oxygens (including phenoxy) is 6. The minimum atomic E-state index is -1.16. The summed E-state index contributed by atoms with van der Waals surface area (Å²) in [6.07, 6.45) is 12.1. The third-order valence-corrected chi connectivity index (χ3v) is 9.67. The molecule has 0 aliphatic rings. The fourth-order valence-corrected chi connectivity index (χ4v) is 8.05. The van der Waals surface area contributed by atoms with E-state index in [0.717, 1.165) is 25.7 Å². The van der Waals surface area contributed by atoms with Crippen LogP contribution in [0.15, 0.2) is 72.8 Å². The first-order valence-corrected chi connectivity index (χ1v) is 21.4. The first-order chi connectivity index (χ1) is 29.1. The van der Waals surface area contributed by atoms with Gasteiger partial charge >= 0.3 is 11.9 Å². The van der Waals surface area contributed by atoms with Crippen molar-refractivity contribution in [1.29, 1.82) is 0 Å². The molecule has 338 valence electrons. The quantitative estimate of drug-likeness (QED) is 0.0481. The Morgan fingerprint density at radius 2 is 0.887 bits per heavy atom. The number of carbonyl (C=O) groups is 2. The molecule has 0 aliphatic carbocycles. The summed E-state index contributed by atoms with van der Waals surface area (Å²) in [4.78, 5) is 32.6. The molecule has 0 saturated heterocycles. The van der Waals surface area contributed by atoms with Crippen molar-refractivity contribution in [2.45, 2.75) is 94.9 Å². The number of aromatic carboxylic acids is 2. The predicted molar refractivity (Wildman–Crippen MR) is 244 cm³/mol. The maximum atomic E-state index is 12.0. The number of fused-ring (bicyclic) bond motifs is 2. The van der Waals surface area contributed by atoms with Crippen LogP contribution in [0, 0.1) is 21.7 Å². The third-order valence-electron chi connectivity index (χ3n) is 9.67. The van der Waals surface area contributed by atoms with Crippen molar-refractivity contribution >= 4 is 33.7 Å². The molecule has 0 spiro atoms. The van der Waals surface area contributed by atoms with Gasteiger partial charge in [0.05, 0.1) is 26.4 Å². The molecule has 12 heteroatoms. The second kappa shape index (κ2) is 22.2. The van der Waals surface area contributed by atoms with Crippen LogP contribution in [0.2, 0.25) is 0 Å². The molecule has 0 amide bonds. The summed E-state index contributed by atoms with van der Waals surface area (Å²) in [5.74, 6) is -0.645. The van der Waals surface area contributed by atoms with Crippen LogP contribution >= 0.6 is 0 Å². The van der Waals surface area contributed by atoms with E-state index in [4.69, 9.17) is 28.4 Å². The molecule has 2 N–H and O–H groups in total. The fraction of sp³-hybridized carbons (Fsp3) is 0.520. The van der Waals surface area contributed by atoms with Crippen LogP contribution in [0.3, 0.4) is 0 Å².